The Morgan fingerprint density at radius 3 is 2.79 bits per heavy atom. The van der Waals surface area contributed by atoms with Gasteiger partial charge in [0.05, 0.1) is 17.2 Å². The summed E-state index contributed by atoms with van der Waals surface area (Å²) in [6, 6.07) is 0. The number of hydrogen-bond acceptors (Lipinski definition) is 5. The molecule has 3 rings (SSSR count). The maximum atomic E-state index is 14.8. The molecule has 8 heteroatoms. The average molecular weight is 408 g/mol. The average Bonchev–Trinajstić information content (AvgIpc) is 2.90. The van der Waals surface area contributed by atoms with Gasteiger partial charge >= 0.3 is 5.97 Å². The molecule has 1 aliphatic rings. The topological polar surface area (TPSA) is 73.2 Å². The molecule has 3 heterocycles. The van der Waals surface area contributed by atoms with Gasteiger partial charge in [0.25, 0.3) is 0 Å². The second kappa shape index (κ2) is 7.20. The molecule has 2 aromatic heterocycles. The van der Waals surface area contributed by atoms with Gasteiger partial charge in [-0.15, -0.1) is 6.58 Å². The van der Waals surface area contributed by atoms with E-state index in [4.69, 9.17) is 16.3 Å². The molecule has 2 aromatic rings. The highest BCUT2D eigenvalue weighted by atomic mass is 35.5. The highest BCUT2D eigenvalue weighted by molar-refractivity contribution is 6.30. The number of fused-ring (bicyclic) bond motifs is 3. The Kier molecular flexibility index (Phi) is 5.23. The lowest BCUT2D eigenvalue weighted by molar-refractivity contribution is 0.0374. The second-order valence-electron chi connectivity index (χ2n) is 7.71. The standard InChI is InChI=1S/C20H23ClFN3O3/c1-6-9-23-15-13-16(26)12(19(27)28-10(2)3)11-7-8-20(4,5)25(11)18(13)24-17(21)14(15)22/h6,10H,1,7-9H2,2-5H3,(H,23,24). The summed E-state index contributed by atoms with van der Waals surface area (Å²) in [7, 11) is 0. The van der Waals surface area contributed by atoms with Crippen molar-refractivity contribution in [3.8, 4) is 0 Å². The Morgan fingerprint density at radius 2 is 2.18 bits per heavy atom. The van der Waals surface area contributed by atoms with Crippen LogP contribution >= 0.6 is 11.6 Å². The van der Waals surface area contributed by atoms with Gasteiger partial charge in [-0.2, -0.15) is 0 Å². The fourth-order valence-electron chi connectivity index (χ4n) is 3.64. The molecular formula is C20H23ClFN3O3. The van der Waals surface area contributed by atoms with Gasteiger partial charge in [-0.05, 0) is 40.5 Å². The molecular weight excluding hydrogens is 385 g/mol. The zero-order valence-electron chi connectivity index (χ0n) is 16.4. The van der Waals surface area contributed by atoms with Crippen molar-refractivity contribution in [2.45, 2.75) is 52.2 Å². The number of rotatable bonds is 5. The van der Waals surface area contributed by atoms with Crippen molar-refractivity contribution in [3.63, 3.8) is 0 Å². The fourth-order valence-corrected chi connectivity index (χ4v) is 3.82. The number of hydrogen-bond donors (Lipinski definition) is 1. The Labute approximate surface area is 167 Å². The van der Waals surface area contributed by atoms with Crippen LogP contribution < -0.4 is 10.7 Å². The highest BCUT2D eigenvalue weighted by Crippen LogP contribution is 2.38. The van der Waals surface area contributed by atoms with Crippen LogP contribution in [0.15, 0.2) is 17.4 Å². The number of anilines is 1. The molecule has 0 saturated carbocycles. The maximum Gasteiger partial charge on any atom is 0.344 e. The molecule has 150 valence electrons. The largest absolute Gasteiger partial charge is 0.459 e. The van der Waals surface area contributed by atoms with Crippen molar-refractivity contribution in [3.05, 3.63) is 45.1 Å². The third kappa shape index (κ3) is 3.17. The number of ether oxygens (including phenoxy) is 1. The Hall–Kier alpha value is -2.41. The maximum absolute atomic E-state index is 14.8. The first-order valence-corrected chi connectivity index (χ1v) is 9.50. The van der Waals surface area contributed by atoms with Gasteiger partial charge < -0.3 is 14.6 Å². The number of carbonyl (C=O) groups excluding carboxylic acids is 1. The van der Waals surface area contributed by atoms with Crippen LogP contribution in [0.4, 0.5) is 10.1 Å². The van der Waals surface area contributed by atoms with Crippen LogP contribution in [0.25, 0.3) is 11.0 Å². The summed E-state index contributed by atoms with van der Waals surface area (Å²) in [6.45, 7) is 11.2. The molecule has 0 unspecified atom stereocenters. The summed E-state index contributed by atoms with van der Waals surface area (Å²) in [5, 5.41) is 2.47. The number of aromatic nitrogens is 2. The molecule has 1 aliphatic heterocycles. The number of carbonyl (C=O) groups is 1. The van der Waals surface area contributed by atoms with Crippen molar-refractivity contribution in [2.24, 2.45) is 0 Å². The van der Waals surface area contributed by atoms with E-state index in [9.17, 15) is 14.0 Å². The first kappa shape index (κ1) is 20.3. The Balaban J connectivity index is 2.48. The molecule has 0 aliphatic carbocycles. The molecule has 0 amide bonds. The lowest BCUT2D eigenvalue weighted by Gasteiger charge is -2.26. The molecule has 0 atom stereocenters. The summed E-state index contributed by atoms with van der Waals surface area (Å²) >= 11 is 6.03. The van der Waals surface area contributed by atoms with Crippen molar-refractivity contribution in [1.29, 1.82) is 0 Å². The van der Waals surface area contributed by atoms with Gasteiger partial charge in [0.2, 0.25) is 5.43 Å². The zero-order valence-corrected chi connectivity index (χ0v) is 17.1. The highest BCUT2D eigenvalue weighted by Gasteiger charge is 2.37. The van der Waals surface area contributed by atoms with E-state index < -0.39 is 28.9 Å². The minimum Gasteiger partial charge on any atom is -0.459 e. The van der Waals surface area contributed by atoms with Crippen LogP contribution in [-0.2, 0) is 16.7 Å². The monoisotopic (exact) mass is 407 g/mol. The molecule has 0 bridgehead atoms. The summed E-state index contributed by atoms with van der Waals surface area (Å²) in [5.74, 6) is -1.55. The van der Waals surface area contributed by atoms with E-state index in [-0.39, 0.29) is 34.0 Å². The molecule has 0 radical (unpaired) electrons. The molecule has 0 spiro atoms. The molecule has 0 saturated heterocycles. The van der Waals surface area contributed by atoms with Crippen LogP contribution in [-0.4, -0.2) is 28.2 Å². The summed E-state index contributed by atoms with van der Waals surface area (Å²) in [5.41, 5.74) is -0.412. The van der Waals surface area contributed by atoms with Crippen molar-refractivity contribution in [1.82, 2.24) is 9.55 Å². The molecule has 0 aromatic carbocycles. The van der Waals surface area contributed by atoms with Crippen molar-refractivity contribution < 1.29 is 13.9 Å². The van der Waals surface area contributed by atoms with Crippen LogP contribution in [0.2, 0.25) is 5.15 Å². The predicted molar refractivity (Wildman–Crippen MR) is 108 cm³/mol. The molecule has 28 heavy (non-hydrogen) atoms. The predicted octanol–water partition coefficient (Wildman–Crippen LogP) is 4.03. The number of pyridine rings is 2. The first-order chi connectivity index (χ1) is 13.1. The van der Waals surface area contributed by atoms with Gasteiger partial charge in [-0.1, -0.05) is 17.7 Å². The normalized spacial score (nSPS) is 15.0. The lowest BCUT2D eigenvalue weighted by Crippen LogP contribution is -2.30. The summed E-state index contributed by atoms with van der Waals surface area (Å²) < 4.78 is 21.9. The van der Waals surface area contributed by atoms with E-state index in [1.807, 2.05) is 18.4 Å². The Bertz CT molecular complexity index is 1040. The first-order valence-electron chi connectivity index (χ1n) is 9.13. The lowest BCUT2D eigenvalue weighted by atomic mass is 10.0. The quantitative estimate of drug-likeness (QED) is 0.460. The fraction of sp³-hybridized carbons (Fsp3) is 0.450. The number of nitrogens with zero attached hydrogens (tertiary/aromatic N) is 2. The van der Waals surface area contributed by atoms with Crippen LogP contribution in [0.1, 0.15) is 50.2 Å². The molecule has 0 fully saturated rings. The van der Waals surface area contributed by atoms with Crippen LogP contribution in [0.5, 0.6) is 0 Å². The van der Waals surface area contributed by atoms with E-state index >= 15 is 0 Å². The smallest absolute Gasteiger partial charge is 0.344 e. The van der Waals surface area contributed by atoms with Gasteiger partial charge in [-0.25, -0.2) is 14.2 Å². The van der Waals surface area contributed by atoms with Crippen molar-refractivity contribution >= 4 is 34.3 Å². The third-order valence-electron chi connectivity index (χ3n) is 4.85. The number of esters is 1. The molecule has 1 N–H and O–H groups in total. The summed E-state index contributed by atoms with van der Waals surface area (Å²) in [4.78, 5) is 30.3. The van der Waals surface area contributed by atoms with Gasteiger partial charge in [0.15, 0.2) is 11.0 Å². The van der Waals surface area contributed by atoms with E-state index in [1.54, 1.807) is 13.8 Å². The minimum atomic E-state index is -0.840. The van der Waals surface area contributed by atoms with Gasteiger partial charge in [0.1, 0.15) is 11.2 Å². The second-order valence-corrected chi connectivity index (χ2v) is 8.07. The van der Waals surface area contributed by atoms with E-state index in [1.165, 1.54) is 6.08 Å². The van der Waals surface area contributed by atoms with E-state index in [0.29, 0.717) is 18.5 Å². The minimum absolute atomic E-state index is 0.0156. The van der Waals surface area contributed by atoms with Gasteiger partial charge in [0, 0.05) is 17.8 Å². The van der Waals surface area contributed by atoms with Crippen LogP contribution in [0, 0.1) is 5.82 Å². The van der Waals surface area contributed by atoms with Crippen molar-refractivity contribution in [2.75, 3.05) is 11.9 Å². The number of halogens is 2. The SMILES string of the molecule is C=CCNc1c(F)c(Cl)nc2c1c(=O)c(C(=O)OC(C)C)c1n2C(C)(C)CC1. The van der Waals surface area contributed by atoms with Crippen LogP contribution in [0.3, 0.4) is 0 Å². The third-order valence-corrected chi connectivity index (χ3v) is 5.10. The van der Waals surface area contributed by atoms with E-state index in [0.717, 1.165) is 0 Å². The molecule has 6 nitrogen and oxygen atoms in total. The van der Waals surface area contributed by atoms with Gasteiger partial charge in [-0.3, -0.25) is 4.79 Å². The summed E-state index contributed by atoms with van der Waals surface area (Å²) in [6.07, 6.45) is 2.34. The Morgan fingerprint density at radius 1 is 1.50 bits per heavy atom. The van der Waals surface area contributed by atoms with E-state index in [2.05, 4.69) is 16.9 Å². The number of nitrogens with one attached hydrogen (secondary N) is 1. The zero-order chi connectivity index (χ0) is 20.8.